The van der Waals surface area contributed by atoms with Gasteiger partial charge in [-0.3, -0.25) is 14.4 Å². The van der Waals surface area contributed by atoms with Gasteiger partial charge < -0.3 is 19.8 Å². The number of nitrogens with one attached hydrogen (secondary N) is 1. The number of fused-ring (bicyclic) bond motifs is 1. The number of benzene rings is 2. The van der Waals surface area contributed by atoms with E-state index in [0.717, 1.165) is 58.4 Å². The van der Waals surface area contributed by atoms with Crippen molar-refractivity contribution in [2.45, 2.75) is 19.1 Å². The number of carbonyl (C=O) groups excluding carboxylic acids is 1. The number of aliphatic hydroxyl groups excluding tert-OH is 1. The minimum Gasteiger partial charge on any atom is -0.464 e. The maximum Gasteiger partial charge on any atom is 0.236 e. The Labute approximate surface area is 225 Å². The smallest absolute Gasteiger partial charge is 0.236 e. The summed E-state index contributed by atoms with van der Waals surface area (Å²) in [6, 6.07) is 13.7. The molecule has 0 unspecified atom stereocenters. The molecule has 1 amide bonds. The number of hydrogen-bond donors (Lipinski definition) is 2. The molecule has 9 heteroatoms. The average Bonchev–Trinajstić information content (AvgIpc) is 3.51. The second-order valence-electron chi connectivity index (χ2n) is 9.92. The van der Waals surface area contributed by atoms with E-state index in [-0.39, 0.29) is 12.0 Å². The minimum atomic E-state index is -0.369. The summed E-state index contributed by atoms with van der Waals surface area (Å²) in [6.45, 7) is 3.35. The van der Waals surface area contributed by atoms with Gasteiger partial charge in [-0.05, 0) is 41.8 Å². The monoisotopic (exact) mass is 529 g/mol. The Morgan fingerprint density at radius 2 is 1.97 bits per heavy atom. The second-order valence-corrected chi connectivity index (χ2v) is 10.4. The molecule has 0 radical (unpaired) electrons. The van der Waals surface area contributed by atoms with Gasteiger partial charge in [-0.25, -0.2) is 0 Å². The van der Waals surface area contributed by atoms with Crippen LogP contribution >= 0.6 is 11.6 Å². The van der Waals surface area contributed by atoms with Gasteiger partial charge in [0.15, 0.2) is 0 Å². The van der Waals surface area contributed by atoms with E-state index in [1.54, 1.807) is 11.2 Å². The van der Waals surface area contributed by atoms with Crippen LogP contribution in [-0.2, 0) is 11.3 Å². The standard InChI is InChI=1S/C29H28ClN5O3/c30-24-4-1-20(2-5-24)29-22(12-31)13-35(32-29)14-23-18-38-27-6-3-21(11-26(23)27)19-7-9-33(10-8-19)17-28(37)34-15-25(36)16-34/h1-7,11-13,18,25,31,36H,8-10,14-17H2. The number of β-amino-alcohol motifs (C(OH)–C–C–N with tert-alkyl or cyclic N) is 1. The molecule has 194 valence electrons. The van der Waals surface area contributed by atoms with Crippen LogP contribution in [0.4, 0.5) is 0 Å². The van der Waals surface area contributed by atoms with Crippen molar-refractivity contribution in [3.8, 4) is 11.3 Å². The highest BCUT2D eigenvalue weighted by Crippen LogP contribution is 2.30. The molecule has 2 N–H and O–H groups in total. The van der Waals surface area contributed by atoms with Gasteiger partial charge >= 0.3 is 0 Å². The van der Waals surface area contributed by atoms with Gasteiger partial charge in [-0.15, -0.1) is 0 Å². The molecule has 8 nitrogen and oxygen atoms in total. The number of likely N-dealkylation sites (tertiary alicyclic amines) is 1. The number of aromatic nitrogens is 2. The molecule has 4 aromatic rings. The maximum atomic E-state index is 12.3. The fraction of sp³-hybridized carbons (Fsp3) is 0.276. The predicted octanol–water partition coefficient (Wildman–Crippen LogP) is 4.29. The highest BCUT2D eigenvalue weighted by Gasteiger charge is 2.29. The third kappa shape index (κ3) is 4.90. The molecule has 0 atom stereocenters. The maximum absolute atomic E-state index is 12.3. The summed E-state index contributed by atoms with van der Waals surface area (Å²) in [7, 11) is 0. The predicted molar refractivity (Wildman–Crippen MR) is 147 cm³/mol. The Hall–Kier alpha value is -3.72. The largest absolute Gasteiger partial charge is 0.464 e. The lowest BCUT2D eigenvalue weighted by Crippen LogP contribution is -2.56. The van der Waals surface area contributed by atoms with Gasteiger partial charge in [-0.2, -0.15) is 5.10 Å². The molecule has 0 saturated carbocycles. The van der Waals surface area contributed by atoms with E-state index in [1.165, 1.54) is 11.8 Å². The molecule has 0 aliphatic carbocycles. The molecule has 38 heavy (non-hydrogen) atoms. The summed E-state index contributed by atoms with van der Waals surface area (Å²) in [5.74, 6) is 0.0839. The Kier molecular flexibility index (Phi) is 6.61. The van der Waals surface area contributed by atoms with Crippen LogP contribution in [-0.4, -0.2) is 75.6 Å². The summed E-state index contributed by atoms with van der Waals surface area (Å²) in [5, 5.41) is 23.7. The molecule has 0 spiro atoms. The van der Waals surface area contributed by atoms with E-state index < -0.39 is 0 Å². The molecular formula is C29H28ClN5O3. The Balaban J connectivity index is 1.18. The molecular weight excluding hydrogens is 502 g/mol. The SMILES string of the molecule is N=Cc1cn(Cc2coc3ccc(C4=CCN(CC(=O)N5CC(O)C5)CC4)cc23)nc1-c1ccc(Cl)cc1. The first-order valence-electron chi connectivity index (χ1n) is 12.7. The molecule has 1 fully saturated rings. The van der Waals surface area contributed by atoms with Gasteiger partial charge in [0, 0.05) is 65.7 Å². The molecule has 4 heterocycles. The fourth-order valence-electron chi connectivity index (χ4n) is 5.10. The van der Waals surface area contributed by atoms with Crippen LogP contribution in [0.1, 0.15) is 23.1 Å². The van der Waals surface area contributed by atoms with Crippen LogP contribution < -0.4 is 0 Å². The lowest BCUT2D eigenvalue weighted by Gasteiger charge is -2.37. The third-order valence-electron chi connectivity index (χ3n) is 7.29. The van der Waals surface area contributed by atoms with Gasteiger partial charge in [0.25, 0.3) is 0 Å². The van der Waals surface area contributed by atoms with E-state index in [4.69, 9.17) is 26.5 Å². The van der Waals surface area contributed by atoms with E-state index in [9.17, 15) is 9.90 Å². The molecule has 2 aromatic heterocycles. The van der Waals surface area contributed by atoms with Crippen molar-refractivity contribution in [2.75, 3.05) is 32.7 Å². The molecule has 2 aliphatic heterocycles. The average molecular weight is 530 g/mol. The second kappa shape index (κ2) is 10.2. The van der Waals surface area contributed by atoms with Gasteiger partial charge in [0.05, 0.1) is 25.5 Å². The number of hydrogen-bond acceptors (Lipinski definition) is 6. The Morgan fingerprint density at radius 1 is 1.18 bits per heavy atom. The van der Waals surface area contributed by atoms with Gasteiger partial charge in [-0.1, -0.05) is 35.9 Å². The van der Waals surface area contributed by atoms with Crippen LogP contribution in [0.5, 0.6) is 0 Å². The van der Waals surface area contributed by atoms with Crippen LogP contribution in [0.25, 0.3) is 27.8 Å². The van der Waals surface area contributed by atoms with E-state index >= 15 is 0 Å². The van der Waals surface area contributed by atoms with Crippen molar-refractivity contribution in [1.82, 2.24) is 19.6 Å². The molecule has 0 bridgehead atoms. The number of aliphatic hydroxyl groups is 1. The number of amides is 1. The van der Waals surface area contributed by atoms with E-state index in [2.05, 4.69) is 23.1 Å². The zero-order valence-corrected chi connectivity index (χ0v) is 21.6. The van der Waals surface area contributed by atoms with Crippen molar-refractivity contribution >= 4 is 40.3 Å². The minimum absolute atomic E-state index is 0.0839. The van der Waals surface area contributed by atoms with Crippen molar-refractivity contribution < 1.29 is 14.3 Å². The summed E-state index contributed by atoms with van der Waals surface area (Å²) in [4.78, 5) is 16.2. The number of furan rings is 1. The summed E-state index contributed by atoms with van der Waals surface area (Å²) in [5.41, 5.74) is 6.64. The van der Waals surface area contributed by atoms with Crippen molar-refractivity contribution in [1.29, 1.82) is 5.41 Å². The fourth-order valence-corrected chi connectivity index (χ4v) is 5.23. The Morgan fingerprint density at radius 3 is 2.68 bits per heavy atom. The molecule has 2 aromatic carbocycles. The van der Waals surface area contributed by atoms with Crippen molar-refractivity contribution in [3.63, 3.8) is 0 Å². The zero-order chi connectivity index (χ0) is 26.2. The quantitative estimate of drug-likeness (QED) is 0.348. The highest BCUT2D eigenvalue weighted by molar-refractivity contribution is 6.30. The summed E-state index contributed by atoms with van der Waals surface area (Å²) in [6.07, 6.45) is 7.66. The molecule has 1 saturated heterocycles. The van der Waals surface area contributed by atoms with Crippen LogP contribution in [0.15, 0.2) is 65.4 Å². The normalized spacial score (nSPS) is 16.5. The first-order valence-corrected chi connectivity index (χ1v) is 13.1. The number of nitrogens with zero attached hydrogens (tertiary/aromatic N) is 4. The van der Waals surface area contributed by atoms with Gasteiger partial charge in [0.2, 0.25) is 5.91 Å². The first kappa shape index (κ1) is 24.6. The number of carbonyl (C=O) groups is 1. The van der Waals surface area contributed by atoms with Crippen LogP contribution in [0, 0.1) is 5.41 Å². The topological polar surface area (TPSA) is 98.6 Å². The summed E-state index contributed by atoms with van der Waals surface area (Å²) < 4.78 is 7.68. The summed E-state index contributed by atoms with van der Waals surface area (Å²) >= 11 is 6.04. The number of rotatable bonds is 7. The number of halogens is 1. The van der Waals surface area contributed by atoms with E-state index in [1.807, 2.05) is 41.2 Å². The lowest BCUT2D eigenvalue weighted by atomic mass is 9.97. The third-order valence-corrected chi connectivity index (χ3v) is 7.54. The molecule has 6 rings (SSSR count). The van der Waals surface area contributed by atoms with Crippen molar-refractivity contribution in [2.24, 2.45) is 0 Å². The molecule has 2 aliphatic rings. The lowest BCUT2D eigenvalue weighted by molar-refractivity contribution is -0.142. The van der Waals surface area contributed by atoms with Crippen molar-refractivity contribution in [3.05, 3.63) is 82.7 Å². The highest BCUT2D eigenvalue weighted by atomic mass is 35.5. The Bertz CT molecular complexity index is 1530. The zero-order valence-electron chi connectivity index (χ0n) is 20.8. The van der Waals surface area contributed by atoms with Crippen LogP contribution in [0.3, 0.4) is 0 Å². The first-order chi connectivity index (χ1) is 18.5. The van der Waals surface area contributed by atoms with E-state index in [0.29, 0.717) is 31.2 Å². The van der Waals surface area contributed by atoms with Gasteiger partial charge in [0.1, 0.15) is 11.3 Å². The van der Waals surface area contributed by atoms with Crippen LogP contribution in [0.2, 0.25) is 5.02 Å².